The van der Waals surface area contributed by atoms with Crippen molar-refractivity contribution in [2.75, 3.05) is 29.6 Å². The van der Waals surface area contributed by atoms with Crippen LogP contribution in [-0.4, -0.2) is 35.2 Å². The van der Waals surface area contributed by atoms with Gasteiger partial charge in [0.25, 0.3) is 5.91 Å². The van der Waals surface area contributed by atoms with Gasteiger partial charge in [0, 0.05) is 23.8 Å². The third-order valence-corrected chi connectivity index (χ3v) is 6.09. The molecule has 0 atom stereocenters. The lowest BCUT2D eigenvalue weighted by molar-refractivity contribution is 0.103. The Kier molecular flexibility index (Phi) is 5.02. The van der Waals surface area contributed by atoms with Gasteiger partial charge in [0.1, 0.15) is 10.6 Å². The lowest BCUT2D eigenvalue weighted by Gasteiger charge is -2.17. The molecule has 1 aliphatic heterocycles. The normalized spacial score (nSPS) is 14.2. The van der Waals surface area contributed by atoms with E-state index < -0.39 is 0 Å². The SMILES string of the molecule is CSc1nc(N2CCCC2)c2cc(C(=O)Nc3ccc(Cl)cc3)sc2n1. The largest absolute Gasteiger partial charge is 0.356 e. The summed E-state index contributed by atoms with van der Waals surface area (Å²) in [7, 11) is 0. The van der Waals surface area contributed by atoms with Crippen molar-refractivity contribution in [3.05, 3.63) is 40.2 Å². The molecule has 8 heteroatoms. The molecule has 1 N–H and O–H groups in total. The molecular formula is C18H17ClN4OS2. The Morgan fingerprint density at radius 1 is 1.23 bits per heavy atom. The highest BCUT2D eigenvalue weighted by molar-refractivity contribution is 7.98. The zero-order valence-corrected chi connectivity index (χ0v) is 16.5. The molecule has 0 saturated carbocycles. The van der Waals surface area contributed by atoms with Crippen LogP contribution < -0.4 is 10.2 Å². The molecule has 26 heavy (non-hydrogen) atoms. The number of rotatable bonds is 4. The van der Waals surface area contributed by atoms with Crippen molar-refractivity contribution in [2.24, 2.45) is 0 Å². The minimum atomic E-state index is -0.145. The van der Waals surface area contributed by atoms with Crippen LogP contribution in [0.15, 0.2) is 35.5 Å². The van der Waals surface area contributed by atoms with E-state index in [1.165, 1.54) is 35.9 Å². The van der Waals surface area contributed by atoms with Gasteiger partial charge >= 0.3 is 0 Å². The predicted molar refractivity (Wildman–Crippen MR) is 110 cm³/mol. The molecule has 0 radical (unpaired) electrons. The number of nitrogens with zero attached hydrogens (tertiary/aromatic N) is 3. The number of fused-ring (bicyclic) bond motifs is 1. The summed E-state index contributed by atoms with van der Waals surface area (Å²) in [6, 6.07) is 8.99. The lowest BCUT2D eigenvalue weighted by Crippen LogP contribution is -2.19. The molecular weight excluding hydrogens is 388 g/mol. The number of halogens is 1. The number of aromatic nitrogens is 2. The number of hydrogen-bond donors (Lipinski definition) is 1. The first-order valence-corrected chi connectivity index (χ1v) is 10.7. The number of thioether (sulfide) groups is 1. The first kappa shape index (κ1) is 17.6. The van der Waals surface area contributed by atoms with E-state index in [0.717, 1.165) is 34.3 Å². The highest BCUT2D eigenvalue weighted by atomic mass is 35.5. The highest BCUT2D eigenvalue weighted by Gasteiger charge is 2.21. The van der Waals surface area contributed by atoms with E-state index in [0.29, 0.717) is 15.6 Å². The number of hydrogen-bond acceptors (Lipinski definition) is 6. The molecule has 134 valence electrons. The predicted octanol–water partition coefficient (Wildman–Crippen LogP) is 4.92. The minimum absolute atomic E-state index is 0.145. The van der Waals surface area contributed by atoms with Crippen molar-refractivity contribution in [1.29, 1.82) is 0 Å². The number of carbonyl (C=O) groups excluding carboxylic acids is 1. The van der Waals surface area contributed by atoms with Crippen LogP contribution in [0.4, 0.5) is 11.5 Å². The summed E-state index contributed by atoms with van der Waals surface area (Å²) in [5.74, 6) is 0.798. The molecule has 3 aromatic rings. The van der Waals surface area contributed by atoms with Gasteiger partial charge in [-0.05, 0) is 49.4 Å². The molecule has 2 aromatic heterocycles. The van der Waals surface area contributed by atoms with Crippen LogP contribution in [0.2, 0.25) is 5.02 Å². The van der Waals surface area contributed by atoms with Crippen molar-refractivity contribution in [2.45, 2.75) is 18.0 Å². The minimum Gasteiger partial charge on any atom is -0.356 e. The highest BCUT2D eigenvalue weighted by Crippen LogP contribution is 2.34. The second-order valence-electron chi connectivity index (χ2n) is 6.02. The Hall–Kier alpha value is -1.83. The first-order valence-electron chi connectivity index (χ1n) is 8.31. The molecule has 3 heterocycles. The molecule has 0 unspecified atom stereocenters. The van der Waals surface area contributed by atoms with E-state index in [4.69, 9.17) is 16.6 Å². The maximum Gasteiger partial charge on any atom is 0.265 e. The van der Waals surface area contributed by atoms with E-state index in [1.54, 1.807) is 24.3 Å². The molecule has 1 saturated heterocycles. The van der Waals surface area contributed by atoms with Crippen LogP contribution in [0.25, 0.3) is 10.2 Å². The number of thiophene rings is 1. The number of amides is 1. The van der Waals surface area contributed by atoms with Crippen molar-refractivity contribution >= 4 is 62.3 Å². The van der Waals surface area contributed by atoms with Gasteiger partial charge in [0.2, 0.25) is 0 Å². The van der Waals surface area contributed by atoms with Crippen LogP contribution >= 0.6 is 34.7 Å². The second kappa shape index (κ2) is 7.42. The van der Waals surface area contributed by atoms with Gasteiger partial charge in [0.05, 0.1) is 10.3 Å². The van der Waals surface area contributed by atoms with E-state index in [1.807, 2.05) is 12.3 Å². The van der Waals surface area contributed by atoms with Gasteiger partial charge in [-0.2, -0.15) is 0 Å². The van der Waals surface area contributed by atoms with Crippen molar-refractivity contribution in [3.8, 4) is 0 Å². The van der Waals surface area contributed by atoms with Crippen molar-refractivity contribution < 1.29 is 4.79 Å². The average molecular weight is 405 g/mol. The zero-order valence-electron chi connectivity index (χ0n) is 14.2. The standard InChI is InChI=1S/C18H17ClN4OS2/c1-25-18-21-15(23-8-2-3-9-23)13-10-14(26-17(13)22-18)16(24)20-12-6-4-11(19)5-7-12/h4-7,10H,2-3,8-9H2,1H3,(H,20,24). The van der Waals surface area contributed by atoms with Gasteiger partial charge in [-0.1, -0.05) is 23.4 Å². The van der Waals surface area contributed by atoms with E-state index in [9.17, 15) is 4.79 Å². The Bertz CT molecular complexity index is 952. The van der Waals surface area contributed by atoms with Crippen LogP contribution in [-0.2, 0) is 0 Å². The third-order valence-electron chi connectivity index (χ3n) is 4.27. The molecule has 1 aromatic carbocycles. The first-order chi connectivity index (χ1) is 12.6. The van der Waals surface area contributed by atoms with E-state index >= 15 is 0 Å². The molecule has 0 spiro atoms. The molecule has 5 nitrogen and oxygen atoms in total. The van der Waals surface area contributed by atoms with E-state index in [-0.39, 0.29) is 5.91 Å². The number of benzene rings is 1. The number of anilines is 2. The average Bonchev–Trinajstić information content (AvgIpc) is 3.32. The van der Waals surface area contributed by atoms with Gasteiger partial charge in [-0.15, -0.1) is 11.3 Å². The number of carbonyl (C=O) groups is 1. The second-order valence-corrected chi connectivity index (χ2v) is 8.26. The number of nitrogens with one attached hydrogen (secondary N) is 1. The van der Waals surface area contributed by atoms with E-state index in [2.05, 4.69) is 15.2 Å². The van der Waals surface area contributed by atoms with Crippen LogP contribution in [0, 0.1) is 0 Å². The summed E-state index contributed by atoms with van der Waals surface area (Å²) in [5, 5.41) is 5.24. The van der Waals surface area contributed by atoms with Crippen LogP contribution in [0.1, 0.15) is 22.5 Å². The molecule has 0 aliphatic carbocycles. The fraction of sp³-hybridized carbons (Fsp3) is 0.278. The fourth-order valence-electron chi connectivity index (χ4n) is 2.99. The van der Waals surface area contributed by atoms with Crippen molar-refractivity contribution in [3.63, 3.8) is 0 Å². The summed E-state index contributed by atoms with van der Waals surface area (Å²) in [4.78, 5) is 25.7. The molecule has 1 amide bonds. The zero-order chi connectivity index (χ0) is 18.1. The maximum atomic E-state index is 12.7. The lowest BCUT2D eigenvalue weighted by atomic mass is 10.3. The van der Waals surface area contributed by atoms with Gasteiger partial charge < -0.3 is 10.2 Å². The quantitative estimate of drug-likeness (QED) is 0.494. The topological polar surface area (TPSA) is 58.1 Å². The molecule has 1 fully saturated rings. The fourth-order valence-corrected chi connectivity index (χ4v) is 4.45. The molecule has 1 aliphatic rings. The monoisotopic (exact) mass is 404 g/mol. The summed E-state index contributed by atoms with van der Waals surface area (Å²) < 4.78 is 0. The van der Waals surface area contributed by atoms with Crippen molar-refractivity contribution in [1.82, 2.24) is 9.97 Å². The van der Waals surface area contributed by atoms with Gasteiger partial charge in [-0.25, -0.2) is 9.97 Å². The molecule has 4 rings (SSSR count). The summed E-state index contributed by atoms with van der Waals surface area (Å²) in [6.45, 7) is 2.00. The smallest absolute Gasteiger partial charge is 0.265 e. The third kappa shape index (κ3) is 3.51. The van der Waals surface area contributed by atoms with Crippen LogP contribution in [0.5, 0.6) is 0 Å². The Labute approximate surface area is 164 Å². The Balaban J connectivity index is 1.68. The van der Waals surface area contributed by atoms with Crippen LogP contribution in [0.3, 0.4) is 0 Å². The Morgan fingerprint density at radius 3 is 2.65 bits per heavy atom. The Morgan fingerprint density at radius 2 is 1.96 bits per heavy atom. The summed E-state index contributed by atoms with van der Waals surface area (Å²) in [6.07, 6.45) is 4.32. The maximum absolute atomic E-state index is 12.7. The van der Waals surface area contributed by atoms with Gasteiger partial charge in [-0.3, -0.25) is 4.79 Å². The molecule has 0 bridgehead atoms. The summed E-state index contributed by atoms with van der Waals surface area (Å²) >= 11 is 8.82. The van der Waals surface area contributed by atoms with Gasteiger partial charge in [0.15, 0.2) is 5.16 Å². The summed E-state index contributed by atoms with van der Waals surface area (Å²) in [5.41, 5.74) is 0.715.